The van der Waals surface area contributed by atoms with Crippen molar-refractivity contribution in [3.63, 3.8) is 0 Å². The van der Waals surface area contributed by atoms with Gasteiger partial charge in [-0.15, -0.1) is 0 Å². The Kier molecular flexibility index (Phi) is 4.12. The number of likely N-dealkylation sites (tertiary alicyclic amines) is 1. The first-order chi connectivity index (χ1) is 13.5. The molecule has 0 bridgehead atoms. The molecule has 2 aromatic carbocycles. The summed E-state index contributed by atoms with van der Waals surface area (Å²) < 4.78 is 28.5. The molecular weight excluding hydrogens is 370 g/mol. The summed E-state index contributed by atoms with van der Waals surface area (Å²) in [5.41, 5.74) is 2.01. The van der Waals surface area contributed by atoms with Gasteiger partial charge in [-0.2, -0.15) is 0 Å². The van der Waals surface area contributed by atoms with Gasteiger partial charge in [0.1, 0.15) is 0 Å². The van der Waals surface area contributed by atoms with E-state index < -0.39 is 10.0 Å². The highest BCUT2D eigenvalue weighted by Crippen LogP contribution is 2.38. The lowest BCUT2D eigenvalue weighted by Crippen LogP contribution is -2.53. The lowest BCUT2D eigenvalue weighted by Gasteiger charge is -2.44. The van der Waals surface area contributed by atoms with Gasteiger partial charge in [0.2, 0.25) is 0 Å². The van der Waals surface area contributed by atoms with Crippen LogP contribution in [0.2, 0.25) is 0 Å². The van der Waals surface area contributed by atoms with Crippen LogP contribution in [0.25, 0.3) is 10.8 Å². The van der Waals surface area contributed by atoms with Crippen LogP contribution in [0.1, 0.15) is 24.1 Å². The van der Waals surface area contributed by atoms with Gasteiger partial charge in [0.15, 0.2) is 0 Å². The zero-order valence-corrected chi connectivity index (χ0v) is 16.9. The van der Waals surface area contributed by atoms with Crippen molar-refractivity contribution in [2.75, 3.05) is 26.7 Å². The molecule has 0 unspecified atom stereocenters. The maximum Gasteiger partial charge on any atom is 0.267 e. The Morgan fingerprint density at radius 1 is 1.00 bits per heavy atom. The molecule has 0 atom stereocenters. The van der Waals surface area contributed by atoms with Gasteiger partial charge < -0.3 is 10.2 Å². The average molecular weight is 396 g/mol. The van der Waals surface area contributed by atoms with E-state index in [0.29, 0.717) is 4.90 Å². The Bertz CT molecular complexity index is 1140. The molecule has 1 aromatic heterocycles. The number of benzene rings is 2. The van der Waals surface area contributed by atoms with Crippen LogP contribution in [0, 0.1) is 0 Å². The third-order valence-corrected chi connectivity index (χ3v) is 8.12. The molecule has 0 saturated carbocycles. The number of aromatic nitrogens is 1. The molecule has 6 heteroatoms. The van der Waals surface area contributed by atoms with Crippen molar-refractivity contribution in [1.82, 2.24) is 14.2 Å². The minimum Gasteiger partial charge on any atom is -0.307 e. The molecule has 1 N–H and O–H groups in total. The highest BCUT2D eigenvalue weighted by atomic mass is 32.2. The number of rotatable bonds is 2. The van der Waals surface area contributed by atoms with E-state index in [4.69, 9.17) is 0 Å². The fraction of sp³-hybridized carbons (Fsp3) is 0.364. The fourth-order valence-corrected chi connectivity index (χ4v) is 6.20. The zero-order chi connectivity index (χ0) is 19.4. The smallest absolute Gasteiger partial charge is 0.267 e. The van der Waals surface area contributed by atoms with E-state index >= 15 is 0 Å². The summed E-state index contributed by atoms with van der Waals surface area (Å²) in [6.45, 7) is 2.86. The summed E-state index contributed by atoms with van der Waals surface area (Å²) >= 11 is 0. The SMILES string of the molecule is CN1CCC2(CC1)NCCc1c2ccn1S(=O)(=O)c1ccc2ccccc2c1. The first kappa shape index (κ1) is 17.9. The molecule has 5 nitrogen and oxygen atoms in total. The monoisotopic (exact) mass is 395 g/mol. The van der Waals surface area contributed by atoms with E-state index in [9.17, 15) is 8.42 Å². The fourth-order valence-electron chi connectivity index (χ4n) is 4.76. The Balaban J connectivity index is 1.59. The molecule has 3 heterocycles. The van der Waals surface area contributed by atoms with Crippen molar-refractivity contribution in [2.24, 2.45) is 0 Å². The Hall–Kier alpha value is -2.15. The van der Waals surface area contributed by atoms with E-state index in [1.54, 1.807) is 18.3 Å². The summed E-state index contributed by atoms with van der Waals surface area (Å²) in [6, 6.07) is 15.3. The van der Waals surface area contributed by atoms with E-state index in [1.807, 2.05) is 36.4 Å². The predicted molar refractivity (Wildman–Crippen MR) is 111 cm³/mol. The molecule has 0 aliphatic carbocycles. The number of hydrogen-bond donors (Lipinski definition) is 1. The first-order valence-electron chi connectivity index (χ1n) is 9.88. The number of hydrogen-bond acceptors (Lipinski definition) is 4. The minimum absolute atomic E-state index is 0.0930. The summed E-state index contributed by atoms with van der Waals surface area (Å²) in [7, 11) is -1.47. The standard InChI is InChI=1S/C22H25N3O2S/c1-24-14-10-22(11-15-24)20-9-13-25(21(20)8-12-23-22)28(26,27)19-7-6-17-4-2-3-5-18(17)16-19/h2-7,9,13,16,23H,8,10-12,14-15H2,1H3. The third-order valence-electron chi connectivity index (χ3n) is 6.41. The van der Waals surface area contributed by atoms with Crippen LogP contribution in [0.5, 0.6) is 0 Å². The van der Waals surface area contributed by atoms with Crippen molar-refractivity contribution >= 4 is 20.8 Å². The lowest BCUT2D eigenvalue weighted by molar-refractivity contribution is 0.150. The van der Waals surface area contributed by atoms with Crippen molar-refractivity contribution in [1.29, 1.82) is 0 Å². The molecular formula is C22H25N3O2S. The van der Waals surface area contributed by atoms with Crippen LogP contribution in [0.15, 0.2) is 59.6 Å². The van der Waals surface area contributed by atoms with Crippen molar-refractivity contribution in [3.05, 3.63) is 66.0 Å². The molecule has 0 radical (unpaired) electrons. The van der Waals surface area contributed by atoms with Crippen LogP contribution in [0.4, 0.5) is 0 Å². The predicted octanol–water partition coefficient (Wildman–Crippen LogP) is 2.94. The van der Waals surface area contributed by atoms with E-state index in [1.165, 1.54) is 3.97 Å². The van der Waals surface area contributed by atoms with Crippen LogP contribution >= 0.6 is 0 Å². The quantitative estimate of drug-likeness (QED) is 0.725. The van der Waals surface area contributed by atoms with Crippen LogP contribution < -0.4 is 5.32 Å². The molecule has 1 spiro atoms. The van der Waals surface area contributed by atoms with Gasteiger partial charge in [0, 0.05) is 30.4 Å². The second-order valence-electron chi connectivity index (χ2n) is 8.05. The minimum atomic E-state index is -3.62. The number of fused-ring (bicyclic) bond motifs is 3. The second-order valence-corrected chi connectivity index (χ2v) is 9.86. The molecule has 2 aliphatic rings. The first-order valence-corrected chi connectivity index (χ1v) is 11.3. The molecule has 5 rings (SSSR count). The summed E-state index contributed by atoms with van der Waals surface area (Å²) in [4.78, 5) is 2.69. The van der Waals surface area contributed by atoms with Crippen molar-refractivity contribution < 1.29 is 8.42 Å². The molecule has 2 aliphatic heterocycles. The van der Waals surface area contributed by atoms with Gasteiger partial charge in [-0.05, 0) is 67.5 Å². The number of nitrogens with zero attached hydrogens (tertiary/aromatic N) is 2. The molecule has 1 fully saturated rings. The van der Waals surface area contributed by atoms with Gasteiger partial charge in [-0.1, -0.05) is 30.3 Å². The Morgan fingerprint density at radius 2 is 1.75 bits per heavy atom. The van der Waals surface area contributed by atoms with Crippen LogP contribution in [-0.4, -0.2) is 44.0 Å². The highest BCUT2D eigenvalue weighted by molar-refractivity contribution is 7.90. The van der Waals surface area contributed by atoms with Crippen molar-refractivity contribution in [3.8, 4) is 0 Å². The Labute approximate surface area is 166 Å². The maximum atomic E-state index is 13.5. The molecule has 146 valence electrons. The second kappa shape index (κ2) is 6.44. The van der Waals surface area contributed by atoms with Crippen molar-refractivity contribution in [2.45, 2.75) is 29.7 Å². The molecule has 28 heavy (non-hydrogen) atoms. The van der Waals surface area contributed by atoms with Gasteiger partial charge in [-0.3, -0.25) is 0 Å². The van der Waals surface area contributed by atoms with Crippen LogP contribution in [-0.2, 0) is 22.0 Å². The Morgan fingerprint density at radius 3 is 2.54 bits per heavy atom. The third kappa shape index (κ3) is 2.70. The van der Waals surface area contributed by atoms with Gasteiger partial charge in [0.25, 0.3) is 10.0 Å². The molecule has 1 saturated heterocycles. The summed E-state index contributed by atoms with van der Waals surface area (Å²) in [5, 5.41) is 5.69. The van der Waals surface area contributed by atoms with E-state index in [0.717, 1.165) is 60.9 Å². The lowest BCUT2D eigenvalue weighted by atomic mass is 9.78. The zero-order valence-electron chi connectivity index (χ0n) is 16.1. The van der Waals surface area contributed by atoms with Gasteiger partial charge >= 0.3 is 0 Å². The topological polar surface area (TPSA) is 54.3 Å². The summed E-state index contributed by atoms with van der Waals surface area (Å²) in [5.74, 6) is 0. The largest absolute Gasteiger partial charge is 0.307 e. The van der Waals surface area contributed by atoms with E-state index in [-0.39, 0.29) is 5.54 Å². The molecule has 0 amide bonds. The normalized spacial score (nSPS) is 19.8. The van der Waals surface area contributed by atoms with Gasteiger partial charge in [0.05, 0.1) is 4.90 Å². The number of nitrogens with one attached hydrogen (secondary N) is 1. The van der Waals surface area contributed by atoms with Crippen LogP contribution in [0.3, 0.4) is 0 Å². The van der Waals surface area contributed by atoms with Gasteiger partial charge in [-0.25, -0.2) is 12.4 Å². The number of piperidine rings is 1. The highest BCUT2D eigenvalue weighted by Gasteiger charge is 2.41. The summed E-state index contributed by atoms with van der Waals surface area (Å²) in [6.07, 6.45) is 4.50. The average Bonchev–Trinajstić information content (AvgIpc) is 3.16. The maximum absolute atomic E-state index is 13.5. The molecule has 3 aromatic rings. The van der Waals surface area contributed by atoms with E-state index in [2.05, 4.69) is 17.3 Å².